The molecule has 2 rings (SSSR count). The van der Waals surface area contributed by atoms with Crippen molar-refractivity contribution in [3.05, 3.63) is 28.7 Å². The summed E-state index contributed by atoms with van der Waals surface area (Å²) >= 11 is 3.31. The fourth-order valence-corrected chi connectivity index (χ4v) is 1.91. The van der Waals surface area contributed by atoms with E-state index in [1.807, 2.05) is 12.1 Å². The Balaban J connectivity index is 2.35. The third kappa shape index (κ3) is 1.81. The van der Waals surface area contributed by atoms with Crippen LogP contribution in [0.15, 0.2) is 28.7 Å². The van der Waals surface area contributed by atoms with Crippen LogP contribution in [0.25, 0.3) is 0 Å². The smallest absolute Gasteiger partial charge is 0.237 e. The second-order valence-corrected chi connectivity index (χ2v) is 4.56. The van der Waals surface area contributed by atoms with E-state index in [-0.39, 0.29) is 17.7 Å². The summed E-state index contributed by atoms with van der Waals surface area (Å²) in [6, 6.07) is 7.16. The van der Waals surface area contributed by atoms with Gasteiger partial charge in [-0.15, -0.1) is 0 Å². The van der Waals surface area contributed by atoms with Gasteiger partial charge in [0.25, 0.3) is 0 Å². The number of amides is 2. The number of benzene rings is 1. The molecule has 1 fully saturated rings. The van der Waals surface area contributed by atoms with Crippen LogP contribution in [0.3, 0.4) is 0 Å². The first-order valence-corrected chi connectivity index (χ1v) is 5.51. The van der Waals surface area contributed by atoms with Gasteiger partial charge in [0.05, 0.1) is 5.69 Å². The summed E-state index contributed by atoms with van der Waals surface area (Å²) in [7, 11) is 0. The summed E-state index contributed by atoms with van der Waals surface area (Å²) in [5.41, 5.74) is 0.651. The van der Waals surface area contributed by atoms with E-state index in [0.717, 1.165) is 4.47 Å². The van der Waals surface area contributed by atoms with Crippen molar-refractivity contribution in [2.45, 2.75) is 13.3 Å². The van der Waals surface area contributed by atoms with Crippen LogP contribution in [0.4, 0.5) is 5.69 Å². The first kappa shape index (κ1) is 10.4. The average molecular weight is 268 g/mol. The Hall–Kier alpha value is -1.16. The van der Waals surface area contributed by atoms with Gasteiger partial charge in [-0.2, -0.15) is 0 Å². The maximum Gasteiger partial charge on any atom is 0.237 e. The largest absolute Gasteiger partial charge is 0.274 e. The number of hydrogen-bond donors (Lipinski definition) is 0. The molecule has 1 atom stereocenters. The third-order valence-electron chi connectivity index (χ3n) is 2.46. The quantitative estimate of drug-likeness (QED) is 0.733. The molecule has 1 aromatic carbocycles. The molecule has 3 nitrogen and oxygen atoms in total. The molecule has 2 amide bonds. The van der Waals surface area contributed by atoms with Gasteiger partial charge in [0.1, 0.15) is 0 Å². The minimum absolute atomic E-state index is 0.109. The van der Waals surface area contributed by atoms with Gasteiger partial charge in [-0.05, 0) is 24.3 Å². The fourth-order valence-electron chi connectivity index (χ4n) is 1.65. The molecule has 1 aromatic rings. The Morgan fingerprint density at radius 1 is 1.27 bits per heavy atom. The Kier molecular flexibility index (Phi) is 2.61. The highest BCUT2D eigenvalue weighted by Crippen LogP contribution is 2.26. The predicted octanol–water partition coefficient (Wildman–Crippen LogP) is 2.35. The lowest BCUT2D eigenvalue weighted by molar-refractivity contribution is -0.122. The maximum absolute atomic E-state index is 11.7. The van der Waals surface area contributed by atoms with Crippen molar-refractivity contribution in [2.24, 2.45) is 5.92 Å². The summed E-state index contributed by atoms with van der Waals surface area (Å²) in [6.45, 7) is 1.78. The Morgan fingerprint density at radius 2 is 1.87 bits per heavy atom. The highest BCUT2D eigenvalue weighted by molar-refractivity contribution is 9.10. The van der Waals surface area contributed by atoms with E-state index in [9.17, 15) is 9.59 Å². The number of halogens is 1. The highest BCUT2D eigenvalue weighted by Gasteiger charge is 2.36. The van der Waals surface area contributed by atoms with Gasteiger partial charge >= 0.3 is 0 Å². The van der Waals surface area contributed by atoms with Gasteiger partial charge in [0.2, 0.25) is 11.8 Å². The molecule has 1 aliphatic heterocycles. The van der Waals surface area contributed by atoms with Crippen LogP contribution in [0.1, 0.15) is 13.3 Å². The summed E-state index contributed by atoms with van der Waals surface area (Å²) in [5.74, 6) is -0.418. The lowest BCUT2D eigenvalue weighted by Gasteiger charge is -2.14. The first-order valence-electron chi connectivity index (χ1n) is 4.72. The molecule has 1 heterocycles. The van der Waals surface area contributed by atoms with Crippen molar-refractivity contribution in [2.75, 3.05) is 4.90 Å². The first-order chi connectivity index (χ1) is 7.09. The number of imide groups is 1. The number of carbonyl (C=O) groups excluding carboxylic acids is 2. The summed E-state index contributed by atoms with van der Waals surface area (Å²) in [5, 5.41) is 0. The molecule has 78 valence electrons. The van der Waals surface area contributed by atoms with Crippen molar-refractivity contribution < 1.29 is 9.59 Å². The monoisotopic (exact) mass is 267 g/mol. The minimum Gasteiger partial charge on any atom is -0.274 e. The minimum atomic E-state index is -0.193. The van der Waals surface area contributed by atoms with Gasteiger partial charge in [0.15, 0.2) is 0 Å². The molecule has 0 spiro atoms. The molecular formula is C11H10BrNO2. The molecule has 0 aliphatic carbocycles. The van der Waals surface area contributed by atoms with E-state index < -0.39 is 0 Å². The zero-order chi connectivity index (χ0) is 11.0. The van der Waals surface area contributed by atoms with E-state index in [0.29, 0.717) is 12.1 Å². The van der Waals surface area contributed by atoms with Crippen molar-refractivity contribution >= 4 is 33.4 Å². The standard InChI is InChI=1S/C11H10BrNO2/c1-7-6-10(14)13(11(7)15)9-4-2-8(12)3-5-9/h2-5,7H,6H2,1H3/t7-/m0/s1. The lowest BCUT2D eigenvalue weighted by Crippen LogP contribution is -2.29. The second-order valence-electron chi connectivity index (χ2n) is 3.65. The van der Waals surface area contributed by atoms with Crippen LogP contribution < -0.4 is 4.90 Å². The number of anilines is 1. The van der Waals surface area contributed by atoms with E-state index in [1.54, 1.807) is 19.1 Å². The van der Waals surface area contributed by atoms with Crippen molar-refractivity contribution in [3.63, 3.8) is 0 Å². The zero-order valence-corrected chi connectivity index (χ0v) is 9.82. The second kappa shape index (κ2) is 3.77. The van der Waals surface area contributed by atoms with E-state index in [1.165, 1.54) is 4.90 Å². The Labute approximate surface area is 96.2 Å². The Bertz CT molecular complexity index is 413. The van der Waals surface area contributed by atoms with Crippen LogP contribution in [0.2, 0.25) is 0 Å². The molecule has 1 saturated heterocycles. The zero-order valence-electron chi connectivity index (χ0n) is 8.24. The van der Waals surface area contributed by atoms with E-state index in [2.05, 4.69) is 15.9 Å². The number of nitrogens with zero attached hydrogens (tertiary/aromatic N) is 1. The molecule has 4 heteroatoms. The third-order valence-corrected chi connectivity index (χ3v) is 2.99. The number of carbonyl (C=O) groups is 2. The van der Waals surface area contributed by atoms with Crippen LogP contribution in [0, 0.1) is 5.92 Å². The molecule has 0 bridgehead atoms. The molecule has 15 heavy (non-hydrogen) atoms. The van der Waals surface area contributed by atoms with Gasteiger partial charge < -0.3 is 0 Å². The lowest BCUT2D eigenvalue weighted by atomic mass is 10.1. The summed E-state index contributed by atoms with van der Waals surface area (Å²) < 4.78 is 0.929. The average Bonchev–Trinajstić information content (AvgIpc) is 2.44. The van der Waals surface area contributed by atoms with Crippen LogP contribution in [-0.4, -0.2) is 11.8 Å². The van der Waals surface area contributed by atoms with Crippen LogP contribution >= 0.6 is 15.9 Å². The normalized spacial score (nSPS) is 21.2. The van der Waals surface area contributed by atoms with Crippen molar-refractivity contribution in [1.82, 2.24) is 0 Å². The van der Waals surface area contributed by atoms with Gasteiger partial charge in [-0.1, -0.05) is 22.9 Å². The molecule has 0 saturated carbocycles. The molecule has 0 radical (unpaired) electrons. The highest BCUT2D eigenvalue weighted by atomic mass is 79.9. The van der Waals surface area contributed by atoms with Crippen LogP contribution in [-0.2, 0) is 9.59 Å². The molecule has 1 aliphatic rings. The van der Waals surface area contributed by atoms with Gasteiger partial charge in [0, 0.05) is 16.8 Å². The topological polar surface area (TPSA) is 37.4 Å². The number of rotatable bonds is 1. The SMILES string of the molecule is C[C@H]1CC(=O)N(c2ccc(Br)cc2)C1=O. The van der Waals surface area contributed by atoms with Crippen LogP contribution in [0.5, 0.6) is 0 Å². The van der Waals surface area contributed by atoms with E-state index in [4.69, 9.17) is 0 Å². The molecule has 0 N–H and O–H groups in total. The molecule has 0 aromatic heterocycles. The fraction of sp³-hybridized carbons (Fsp3) is 0.273. The van der Waals surface area contributed by atoms with Gasteiger partial charge in [-0.25, -0.2) is 0 Å². The predicted molar refractivity (Wildman–Crippen MR) is 60.4 cm³/mol. The summed E-state index contributed by atoms with van der Waals surface area (Å²) in [6.07, 6.45) is 0.314. The Morgan fingerprint density at radius 3 is 2.33 bits per heavy atom. The number of hydrogen-bond acceptors (Lipinski definition) is 2. The van der Waals surface area contributed by atoms with Crippen molar-refractivity contribution in [1.29, 1.82) is 0 Å². The van der Waals surface area contributed by atoms with Gasteiger partial charge in [-0.3, -0.25) is 14.5 Å². The molecule has 0 unspecified atom stereocenters. The molecular weight excluding hydrogens is 258 g/mol. The maximum atomic E-state index is 11.7. The summed E-state index contributed by atoms with van der Waals surface area (Å²) in [4.78, 5) is 24.5. The van der Waals surface area contributed by atoms with Crippen molar-refractivity contribution in [3.8, 4) is 0 Å². The van der Waals surface area contributed by atoms with E-state index >= 15 is 0 Å².